The van der Waals surface area contributed by atoms with Crippen molar-refractivity contribution in [2.24, 2.45) is 45.3 Å². The zero-order chi connectivity index (χ0) is 32.3. The van der Waals surface area contributed by atoms with E-state index in [1.807, 2.05) is 13.8 Å². The van der Waals surface area contributed by atoms with Crippen molar-refractivity contribution in [1.82, 2.24) is 0 Å². The largest absolute Gasteiger partial charge is 0.480 e. The number of carboxylic acid groups (broad SMARTS) is 4. The number of unbranched alkanes of at least 4 members (excludes halogenated alkanes) is 2. The van der Waals surface area contributed by atoms with Crippen LogP contribution in [0.15, 0.2) is 4.99 Å². The molecule has 17 heteroatoms. The summed E-state index contributed by atoms with van der Waals surface area (Å²) in [5, 5.41) is 49.7. The molecule has 0 aliphatic carbocycles. The van der Waals surface area contributed by atoms with Crippen LogP contribution in [0.1, 0.15) is 65.2 Å². The van der Waals surface area contributed by atoms with Crippen molar-refractivity contribution < 1.29 is 49.8 Å². The summed E-state index contributed by atoms with van der Waals surface area (Å²) in [4.78, 5) is 44.1. The molecule has 0 aromatic carbocycles. The summed E-state index contributed by atoms with van der Waals surface area (Å²) in [5.74, 6) is -3.85. The summed E-state index contributed by atoms with van der Waals surface area (Å²) in [6.45, 7) is 4.17. The number of aliphatic hydroxyl groups excluding tert-OH is 2. The van der Waals surface area contributed by atoms with Crippen LogP contribution in [0.3, 0.4) is 0 Å². The number of aliphatic carboxylic acids is 4. The zero-order valence-electron chi connectivity index (χ0n) is 23.4. The van der Waals surface area contributed by atoms with Crippen molar-refractivity contribution in [3.8, 4) is 0 Å². The highest BCUT2D eigenvalue weighted by molar-refractivity contribution is 5.75. The zero-order valence-corrected chi connectivity index (χ0v) is 23.4. The van der Waals surface area contributed by atoms with E-state index in [9.17, 15) is 19.2 Å². The topological polar surface area (TPSA) is 358 Å². The molecule has 18 N–H and O–H groups in total. The van der Waals surface area contributed by atoms with Crippen molar-refractivity contribution in [3.05, 3.63) is 0 Å². The van der Waals surface area contributed by atoms with Crippen LogP contribution in [0.2, 0.25) is 0 Å². The average Bonchev–Trinajstić information content (AvgIpc) is 2.88. The highest BCUT2D eigenvalue weighted by atomic mass is 16.4. The number of hydrogen-bond donors (Lipinski definition) is 12. The maximum absolute atomic E-state index is 10.2. The van der Waals surface area contributed by atoms with Crippen LogP contribution in [-0.2, 0) is 19.2 Å². The van der Waals surface area contributed by atoms with Crippen molar-refractivity contribution in [2.75, 3.05) is 19.8 Å². The van der Waals surface area contributed by atoms with Crippen LogP contribution in [0.4, 0.5) is 0 Å². The minimum absolute atomic E-state index is 0.0129. The maximum atomic E-state index is 10.2. The lowest BCUT2D eigenvalue weighted by atomic mass is 10.0. The number of hydrogen-bond acceptors (Lipinski definition) is 11. The highest BCUT2D eigenvalue weighted by Gasteiger charge is 2.17. The molecule has 0 spiro atoms. The van der Waals surface area contributed by atoms with E-state index < -0.39 is 48.0 Å². The molecule has 0 saturated carbocycles. The molecule has 0 fully saturated rings. The lowest BCUT2D eigenvalue weighted by Crippen LogP contribution is -2.36. The second-order valence-corrected chi connectivity index (χ2v) is 8.62. The molecule has 40 heavy (non-hydrogen) atoms. The van der Waals surface area contributed by atoms with Crippen molar-refractivity contribution in [1.29, 1.82) is 0 Å². The summed E-state index contributed by atoms with van der Waals surface area (Å²) in [7, 11) is 0. The Morgan fingerprint density at radius 2 is 1.07 bits per heavy atom. The van der Waals surface area contributed by atoms with Crippen molar-refractivity contribution in [2.45, 2.75) is 89.4 Å². The van der Waals surface area contributed by atoms with Gasteiger partial charge in [-0.2, -0.15) is 0 Å². The Morgan fingerprint density at radius 3 is 1.35 bits per heavy atom. The number of rotatable bonds is 17. The van der Waals surface area contributed by atoms with Gasteiger partial charge in [0.25, 0.3) is 0 Å². The minimum atomic E-state index is -1.07. The van der Waals surface area contributed by atoms with Crippen LogP contribution in [0.5, 0.6) is 0 Å². The van der Waals surface area contributed by atoms with Crippen molar-refractivity contribution in [3.63, 3.8) is 0 Å². The van der Waals surface area contributed by atoms with E-state index in [2.05, 4.69) is 4.99 Å². The van der Waals surface area contributed by atoms with E-state index in [1.165, 1.54) is 0 Å². The third-order valence-corrected chi connectivity index (χ3v) is 5.07. The predicted molar refractivity (Wildman–Crippen MR) is 149 cm³/mol. The third-order valence-electron chi connectivity index (χ3n) is 5.07. The van der Waals surface area contributed by atoms with E-state index in [4.69, 9.17) is 65.0 Å². The molecule has 1 unspecified atom stereocenters. The fourth-order valence-corrected chi connectivity index (χ4v) is 2.18. The molecule has 0 saturated heterocycles. The lowest BCUT2D eigenvalue weighted by molar-refractivity contribution is -0.140. The molecule has 238 valence electrons. The minimum Gasteiger partial charge on any atom is -0.480 e. The van der Waals surface area contributed by atoms with Crippen molar-refractivity contribution >= 4 is 29.8 Å². The molecule has 17 nitrogen and oxygen atoms in total. The fourth-order valence-electron chi connectivity index (χ4n) is 2.18. The normalized spacial score (nSPS) is 13.6. The number of aliphatic hydroxyl groups is 2. The average molecular weight is 586 g/mol. The molecule has 0 amide bonds. The van der Waals surface area contributed by atoms with E-state index in [0.717, 1.165) is 25.7 Å². The summed E-state index contributed by atoms with van der Waals surface area (Å²) < 4.78 is 0. The first kappa shape index (κ1) is 43.9. The molecule has 0 aliphatic rings. The van der Waals surface area contributed by atoms with Crippen LogP contribution in [0.25, 0.3) is 0 Å². The smallest absolute Gasteiger partial charge is 0.320 e. The molecule has 0 aliphatic heterocycles. The van der Waals surface area contributed by atoms with Crippen LogP contribution in [0, 0.1) is 5.92 Å². The van der Waals surface area contributed by atoms with E-state index in [0.29, 0.717) is 25.8 Å². The molecule has 0 rings (SSSR count). The van der Waals surface area contributed by atoms with Gasteiger partial charge in [-0.05, 0) is 38.0 Å². The SMILES string of the molecule is CC[C@H](C)[C@H](N)C(=O)O.NC(CCCCCO)C(=O)O.NC(N)=NCCC[C@H](N)C(=O)O.N[C@H](CCO)C(=O)O. The van der Waals surface area contributed by atoms with Gasteiger partial charge < -0.3 is 65.0 Å². The van der Waals surface area contributed by atoms with E-state index >= 15 is 0 Å². The second-order valence-electron chi connectivity index (χ2n) is 8.62. The quantitative estimate of drug-likeness (QED) is 0.0481. The van der Waals surface area contributed by atoms with E-state index in [-0.39, 0.29) is 31.5 Å². The lowest BCUT2D eigenvalue weighted by Gasteiger charge is -2.11. The number of nitrogens with zero attached hydrogens (tertiary/aromatic N) is 1. The Labute approximate surface area is 234 Å². The highest BCUT2D eigenvalue weighted by Crippen LogP contribution is 2.04. The number of carbonyl (C=O) groups is 4. The Bertz CT molecular complexity index is 709. The number of aliphatic imine (C=N–C) groups is 1. The summed E-state index contributed by atoms with van der Waals surface area (Å²) in [5.41, 5.74) is 30.8. The summed E-state index contributed by atoms with van der Waals surface area (Å²) in [6, 6.07) is -3.18. The van der Waals surface area contributed by atoms with Gasteiger partial charge in [-0.3, -0.25) is 24.2 Å². The van der Waals surface area contributed by atoms with Gasteiger partial charge >= 0.3 is 23.9 Å². The second kappa shape index (κ2) is 28.9. The van der Waals surface area contributed by atoms with Gasteiger partial charge in [0.05, 0.1) is 0 Å². The van der Waals surface area contributed by atoms with Gasteiger partial charge in [0.2, 0.25) is 0 Å². The monoisotopic (exact) mass is 585 g/mol. The first-order valence-corrected chi connectivity index (χ1v) is 12.7. The number of carboxylic acids is 4. The van der Waals surface area contributed by atoms with Gasteiger partial charge in [-0.15, -0.1) is 0 Å². The Balaban J connectivity index is -0.000000219. The molecular formula is C23H51N7O10. The third kappa shape index (κ3) is 32.9. The molecular weight excluding hydrogens is 534 g/mol. The van der Waals surface area contributed by atoms with Gasteiger partial charge in [-0.25, -0.2) is 0 Å². The first-order valence-electron chi connectivity index (χ1n) is 12.7. The molecule has 0 aromatic heterocycles. The molecule has 0 radical (unpaired) electrons. The predicted octanol–water partition coefficient (Wildman–Crippen LogP) is -2.37. The Kier molecular flexibility index (Phi) is 31.8. The van der Waals surface area contributed by atoms with Gasteiger partial charge in [-0.1, -0.05) is 33.1 Å². The molecule has 0 bridgehead atoms. The van der Waals surface area contributed by atoms with Crippen LogP contribution >= 0.6 is 0 Å². The van der Waals surface area contributed by atoms with Gasteiger partial charge in [0.15, 0.2) is 5.96 Å². The number of nitrogens with two attached hydrogens (primary N) is 6. The maximum Gasteiger partial charge on any atom is 0.320 e. The summed E-state index contributed by atoms with van der Waals surface area (Å²) >= 11 is 0. The van der Waals surface area contributed by atoms with Crippen LogP contribution in [-0.4, -0.2) is 104 Å². The number of guanidine groups is 1. The first-order chi connectivity index (χ1) is 18.5. The summed E-state index contributed by atoms with van der Waals surface area (Å²) in [6.07, 6.45) is 4.73. The fraction of sp³-hybridized carbons (Fsp3) is 0.783. The van der Waals surface area contributed by atoms with Gasteiger partial charge in [0.1, 0.15) is 24.2 Å². The Morgan fingerprint density at radius 1 is 0.650 bits per heavy atom. The molecule has 0 heterocycles. The molecule has 0 aromatic rings. The molecule has 5 atom stereocenters. The van der Waals surface area contributed by atoms with Crippen LogP contribution < -0.4 is 34.4 Å². The van der Waals surface area contributed by atoms with E-state index in [1.54, 1.807) is 0 Å². The standard InChI is InChI=1S/C7H15NO3.C6H14N4O2.C6H13NO2.C4H9NO3/c8-6(7(10)11)4-2-1-3-5-9;7-4(5(11)12)2-1-3-10-6(8)9;1-3-4(2)5(7)6(8)9;5-3(1-2-6)4(7)8/h6,9H,1-5,8H2,(H,10,11);4H,1-3,7H2,(H,11,12)(H4,8,9,10);4-5H,3,7H2,1-2H3,(H,8,9);3,6H,1-2,5H2,(H,7,8)/t;4-;4-,5-;3-/m.001/s1. The Hall–Kier alpha value is -3.09. The van der Waals surface area contributed by atoms with Gasteiger partial charge in [0, 0.05) is 19.8 Å².